The Kier molecular flexibility index (Phi) is 3.00. The lowest BCUT2D eigenvalue weighted by molar-refractivity contribution is -0.526. The summed E-state index contributed by atoms with van der Waals surface area (Å²) in [6, 6.07) is 0. The van der Waals surface area contributed by atoms with Crippen LogP contribution in [0.1, 0.15) is 46.0 Å². The van der Waals surface area contributed by atoms with Crippen molar-refractivity contribution in [2.24, 2.45) is 17.8 Å². The standard InChI is InChI=1S/C14H22O4/c1-10-6-11-4-3-5-12(7-11)14(10)16-9-13(2,8-15)17-18-14/h8,10-12H,3-7,9H2,1-2H3. The van der Waals surface area contributed by atoms with Crippen molar-refractivity contribution in [2.45, 2.75) is 57.3 Å². The Morgan fingerprint density at radius 2 is 2.06 bits per heavy atom. The lowest BCUT2D eigenvalue weighted by atomic mass is 9.64. The molecule has 4 nitrogen and oxygen atoms in total. The topological polar surface area (TPSA) is 44.8 Å². The number of rotatable bonds is 1. The van der Waals surface area contributed by atoms with Crippen LogP contribution in [0.5, 0.6) is 0 Å². The highest BCUT2D eigenvalue weighted by molar-refractivity contribution is 5.61. The molecule has 4 heteroatoms. The molecule has 2 bridgehead atoms. The Balaban J connectivity index is 1.79. The average molecular weight is 254 g/mol. The highest BCUT2D eigenvalue weighted by atomic mass is 17.2. The van der Waals surface area contributed by atoms with Crippen molar-refractivity contribution >= 4 is 6.29 Å². The summed E-state index contributed by atoms with van der Waals surface area (Å²) < 4.78 is 6.03. The van der Waals surface area contributed by atoms with E-state index in [-0.39, 0.29) is 0 Å². The van der Waals surface area contributed by atoms with Crippen molar-refractivity contribution in [3.05, 3.63) is 0 Å². The van der Waals surface area contributed by atoms with Crippen LogP contribution < -0.4 is 0 Å². The quantitative estimate of drug-likeness (QED) is 0.532. The fraction of sp³-hybridized carbons (Fsp3) is 0.929. The largest absolute Gasteiger partial charge is 0.343 e. The van der Waals surface area contributed by atoms with Crippen molar-refractivity contribution in [3.63, 3.8) is 0 Å². The zero-order valence-electron chi connectivity index (χ0n) is 11.2. The minimum atomic E-state index is -0.948. The van der Waals surface area contributed by atoms with E-state index < -0.39 is 11.4 Å². The predicted octanol–water partition coefficient (Wildman–Crippen LogP) is 2.46. The minimum Gasteiger partial charge on any atom is -0.343 e. The number of aldehydes is 1. The van der Waals surface area contributed by atoms with Gasteiger partial charge in [0.05, 0.1) is 6.61 Å². The highest BCUT2D eigenvalue weighted by Crippen LogP contribution is 2.52. The van der Waals surface area contributed by atoms with Crippen LogP contribution in [0.3, 0.4) is 0 Å². The molecule has 0 N–H and O–H groups in total. The maximum Gasteiger partial charge on any atom is 0.207 e. The molecule has 1 heterocycles. The maximum atomic E-state index is 11.0. The molecule has 1 saturated heterocycles. The third kappa shape index (κ3) is 1.82. The summed E-state index contributed by atoms with van der Waals surface area (Å²) in [6.07, 6.45) is 6.80. The van der Waals surface area contributed by atoms with E-state index in [9.17, 15) is 4.79 Å². The normalized spacial score (nSPS) is 52.2. The molecule has 3 rings (SSSR count). The van der Waals surface area contributed by atoms with E-state index in [1.807, 2.05) is 0 Å². The molecule has 5 unspecified atom stereocenters. The molecular weight excluding hydrogens is 232 g/mol. The molecular formula is C14H22O4. The van der Waals surface area contributed by atoms with Gasteiger partial charge in [0, 0.05) is 11.8 Å². The molecule has 2 saturated carbocycles. The Morgan fingerprint density at radius 1 is 1.22 bits per heavy atom. The van der Waals surface area contributed by atoms with Gasteiger partial charge in [-0.1, -0.05) is 19.8 Å². The van der Waals surface area contributed by atoms with Gasteiger partial charge in [-0.05, 0) is 32.1 Å². The van der Waals surface area contributed by atoms with Gasteiger partial charge in [0.2, 0.25) is 5.79 Å². The average Bonchev–Trinajstić information content (AvgIpc) is 2.39. The third-order valence-corrected chi connectivity index (χ3v) is 4.92. The van der Waals surface area contributed by atoms with E-state index in [0.29, 0.717) is 18.4 Å². The zero-order valence-corrected chi connectivity index (χ0v) is 11.2. The number of ether oxygens (including phenoxy) is 1. The smallest absolute Gasteiger partial charge is 0.207 e. The highest BCUT2D eigenvalue weighted by Gasteiger charge is 2.56. The summed E-state index contributed by atoms with van der Waals surface area (Å²) in [6.45, 7) is 4.17. The van der Waals surface area contributed by atoms with Crippen molar-refractivity contribution in [1.29, 1.82) is 0 Å². The van der Waals surface area contributed by atoms with Crippen LogP contribution in [0, 0.1) is 17.8 Å². The Hall–Kier alpha value is -0.450. The van der Waals surface area contributed by atoms with Gasteiger partial charge in [0.25, 0.3) is 0 Å². The number of hydrogen-bond donors (Lipinski definition) is 0. The fourth-order valence-electron chi connectivity index (χ4n) is 3.87. The molecule has 0 aromatic heterocycles. The molecule has 1 spiro atoms. The molecule has 0 radical (unpaired) electrons. The van der Waals surface area contributed by atoms with Gasteiger partial charge in [-0.25, -0.2) is 4.89 Å². The summed E-state index contributed by atoms with van der Waals surface area (Å²) in [5.41, 5.74) is -0.948. The molecule has 1 aliphatic heterocycles. The van der Waals surface area contributed by atoms with Crippen LogP contribution in [-0.2, 0) is 19.3 Å². The van der Waals surface area contributed by atoms with E-state index in [2.05, 4.69) is 6.92 Å². The lowest BCUT2D eigenvalue weighted by Gasteiger charge is -2.54. The second-order valence-electron chi connectivity index (χ2n) is 6.47. The van der Waals surface area contributed by atoms with Gasteiger partial charge >= 0.3 is 0 Å². The first-order valence-corrected chi connectivity index (χ1v) is 7.05. The van der Waals surface area contributed by atoms with Crippen molar-refractivity contribution in [1.82, 2.24) is 0 Å². The van der Waals surface area contributed by atoms with E-state index >= 15 is 0 Å². The summed E-state index contributed by atoms with van der Waals surface area (Å²) >= 11 is 0. The maximum absolute atomic E-state index is 11.0. The van der Waals surface area contributed by atoms with Crippen LogP contribution in [0.15, 0.2) is 0 Å². The van der Waals surface area contributed by atoms with Crippen LogP contribution >= 0.6 is 0 Å². The van der Waals surface area contributed by atoms with Gasteiger partial charge in [-0.15, -0.1) is 0 Å². The first-order chi connectivity index (χ1) is 8.58. The summed E-state index contributed by atoms with van der Waals surface area (Å²) in [5.74, 6) is 0.948. The molecule has 3 fully saturated rings. The molecule has 0 amide bonds. The summed E-state index contributed by atoms with van der Waals surface area (Å²) in [7, 11) is 0. The van der Waals surface area contributed by atoms with Crippen LogP contribution in [-0.4, -0.2) is 24.3 Å². The van der Waals surface area contributed by atoms with Crippen molar-refractivity contribution in [2.75, 3.05) is 6.61 Å². The number of hydrogen-bond acceptors (Lipinski definition) is 4. The Bertz CT molecular complexity index is 331. The van der Waals surface area contributed by atoms with Crippen molar-refractivity contribution < 1.29 is 19.3 Å². The van der Waals surface area contributed by atoms with Gasteiger partial charge in [0.1, 0.15) is 0 Å². The monoisotopic (exact) mass is 254 g/mol. The van der Waals surface area contributed by atoms with Gasteiger partial charge in [-0.3, -0.25) is 4.79 Å². The van der Waals surface area contributed by atoms with E-state index in [1.54, 1.807) is 6.92 Å². The number of carbonyl (C=O) groups excluding carboxylic acids is 1. The van der Waals surface area contributed by atoms with Crippen LogP contribution in [0.2, 0.25) is 0 Å². The lowest BCUT2D eigenvalue weighted by Crippen LogP contribution is -2.61. The van der Waals surface area contributed by atoms with Gasteiger partial charge in [0.15, 0.2) is 11.9 Å². The van der Waals surface area contributed by atoms with Gasteiger partial charge < -0.3 is 4.74 Å². The molecule has 102 valence electrons. The van der Waals surface area contributed by atoms with E-state index in [1.165, 1.54) is 19.3 Å². The molecule has 5 atom stereocenters. The zero-order chi connectivity index (χ0) is 12.8. The third-order valence-electron chi connectivity index (χ3n) is 4.92. The first-order valence-electron chi connectivity index (χ1n) is 7.05. The number of fused-ring (bicyclic) bond motifs is 3. The second-order valence-corrected chi connectivity index (χ2v) is 6.47. The summed E-state index contributed by atoms with van der Waals surface area (Å²) in [4.78, 5) is 22.0. The minimum absolute atomic E-state index is 0.294. The molecule has 18 heavy (non-hydrogen) atoms. The fourth-order valence-corrected chi connectivity index (χ4v) is 3.87. The Morgan fingerprint density at radius 3 is 2.72 bits per heavy atom. The van der Waals surface area contributed by atoms with Gasteiger partial charge in [-0.2, -0.15) is 4.89 Å². The first kappa shape index (κ1) is 12.6. The Labute approximate surface area is 108 Å². The van der Waals surface area contributed by atoms with Crippen molar-refractivity contribution in [3.8, 4) is 0 Å². The SMILES string of the molecule is CC1CC2CCCC(C2)C12OCC(C)(C=O)OO2. The van der Waals surface area contributed by atoms with Crippen LogP contribution in [0.25, 0.3) is 0 Å². The molecule has 0 aromatic carbocycles. The second kappa shape index (κ2) is 4.29. The molecule has 2 aliphatic carbocycles. The summed E-state index contributed by atoms with van der Waals surface area (Å²) in [5, 5.41) is 0. The molecule has 0 aromatic rings. The number of carbonyl (C=O) groups is 1. The van der Waals surface area contributed by atoms with E-state index in [4.69, 9.17) is 14.5 Å². The van der Waals surface area contributed by atoms with Crippen LogP contribution in [0.4, 0.5) is 0 Å². The van der Waals surface area contributed by atoms with E-state index in [0.717, 1.165) is 25.0 Å². The predicted molar refractivity (Wildman–Crippen MR) is 64.6 cm³/mol. The molecule has 3 aliphatic rings.